The van der Waals surface area contributed by atoms with Gasteiger partial charge < -0.3 is 15.0 Å². The Hall–Kier alpha value is -1.52. The fourth-order valence-corrected chi connectivity index (χ4v) is 2.09. The summed E-state index contributed by atoms with van der Waals surface area (Å²) in [4.78, 5) is 26.0. The summed E-state index contributed by atoms with van der Waals surface area (Å²) in [5, 5.41) is 3.07. The molecule has 1 heterocycles. The second-order valence-electron chi connectivity index (χ2n) is 7.62. The molecule has 2 amide bonds. The molecule has 1 saturated heterocycles. The molecular weight excluding hydrogens is 280 g/mol. The van der Waals surface area contributed by atoms with E-state index in [9.17, 15) is 9.59 Å². The van der Waals surface area contributed by atoms with Crippen LogP contribution in [0.4, 0.5) is 4.79 Å². The number of amides is 2. The maximum absolute atomic E-state index is 12.3. The highest BCUT2D eigenvalue weighted by molar-refractivity contribution is 5.85. The normalized spacial score (nSPS) is 17.1. The molecule has 1 rings (SSSR count). The second-order valence-corrected chi connectivity index (χ2v) is 7.62. The Balaban J connectivity index is 2.48. The van der Waals surface area contributed by atoms with Gasteiger partial charge in [-0.25, -0.2) is 4.79 Å². The monoisotopic (exact) mass is 310 g/mol. The third kappa shape index (κ3) is 5.04. The molecule has 1 aliphatic rings. The van der Waals surface area contributed by atoms with Crippen molar-refractivity contribution in [3.8, 4) is 0 Å². The van der Waals surface area contributed by atoms with Gasteiger partial charge in [0.1, 0.15) is 5.60 Å². The van der Waals surface area contributed by atoms with E-state index in [0.29, 0.717) is 13.1 Å². The van der Waals surface area contributed by atoms with Gasteiger partial charge in [-0.2, -0.15) is 0 Å². The molecule has 0 aromatic heterocycles. The first-order valence-corrected chi connectivity index (χ1v) is 7.88. The van der Waals surface area contributed by atoms with Gasteiger partial charge in [-0.3, -0.25) is 4.79 Å². The predicted molar refractivity (Wildman–Crippen MR) is 87.6 cm³/mol. The van der Waals surface area contributed by atoms with Crippen molar-refractivity contribution in [3.05, 3.63) is 12.2 Å². The molecule has 1 N–H and O–H groups in total. The molecule has 126 valence electrons. The van der Waals surface area contributed by atoms with Crippen LogP contribution in [0.25, 0.3) is 0 Å². The minimum Gasteiger partial charge on any atom is -0.444 e. The second kappa shape index (κ2) is 6.71. The van der Waals surface area contributed by atoms with Gasteiger partial charge in [0.15, 0.2) is 0 Å². The number of carbonyl (C=O) groups excluding carboxylic acids is 2. The molecule has 0 unspecified atom stereocenters. The molecule has 0 spiro atoms. The van der Waals surface area contributed by atoms with Crippen LogP contribution < -0.4 is 5.32 Å². The Labute approximate surface area is 134 Å². The number of nitrogens with zero attached hydrogens (tertiary/aromatic N) is 1. The van der Waals surface area contributed by atoms with E-state index in [1.165, 1.54) is 0 Å². The molecule has 5 nitrogen and oxygen atoms in total. The molecule has 0 aromatic rings. The van der Waals surface area contributed by atoms with Gasteiger partial charge in [-0.1, -0.05) is 12.2 Å². The van der Waals surface area contributed by atoms with Crippen molar-refractivity contribution in [1.82, 2.24) is 10.2 Å². The van der Waals surface area contributed by atoms with E-state index in [-0.39, 0.29) is 18.0 Å². The van der Waals surface area contributed by atoms with Crippen molar-refractivity contribution in [1.29, 1.82) is 0 Å². The molecular formula is C17H30N2O3. The molecule has 0 bridgehead atoms. The van der Waals surface area contributed by atoms with Gasteiger partial charge in [0.2, 0.25) is 5.91 Å². The molecule has 0 aromatic carbocycles. The van der Waals surface area contributed by atoms with Crippen molar-refractivity contribution in [2.75, 3.05) is 13.1 Å². The number of hydrogen-bond donors (Lipinski definition) is 1. The summed E-state index contributed by atoms with van der Waals surface area (Å²) >= 11 is 0. The first kappa shape index (κ1) is 18.5. The third-order valence-electron chi connectivity index (χ3n) is 4.12. The summed E-state index contributed by atoms with van der Waals surface area (Å²) in [6, 6.07) is 0.102. The number of piperidine rings is 1. The lowest BCUT2D eigenvalue weighted by Crippen LogP contribution is -2.50. The van der Waals surface area contributed by atoms with Gasteiger partial charge in [0.25, 0.3) is 0 Å². The topological polar surface area (TPSA) is 58.6 Å². The number of carbonyl (C=O) groups is 2. The van der Waals surface area contributed by atoms with Crippen LogP contribution in [0.15, 0.2) is 12.2 Å². The largest absolute Gasteiger partial charge is 0.444 e. The van der Waals surface area contributed by atoms with E-state index in [1.54, 1.807) is 4.90 Å². The summed E-state index contributed by atoms with van der Waals surface area (Å²) < 4.78 is 5.37. The van der Waals surface area contributed by atoms with Crippen LogP contribution in [-0.4, -0.2) is 41.6 Å². The van der Waals surface area contributed by atoms with Gasteiger partial charge in [0.05, 0.1) is 5.41 Å². The maximum atomic E-state index is 12.3. The lowest BCUT2D eigenvalue weighted by molar-refractivity contribution is -0.128. The van der Waals surface area contributed by atoms with Crippen molar-refractivity contribution in [3.63, 3.8) is 0 Å². The fourth-order valence-electron chi connectivity index (χ4n) is 2.09. The number of rotatable bonds is 3. The van der Waals surface area contributed by atoms with E-state index >= 15 is 0 Å². The van der Waals surface area contributed by atoms with Crippen molar-refractivity contribution in [2.45, 2.75) is 66.0 Å². The molecule has 1 aliphatic heterocycles. The van der Waals surface area contributed by atoms with Gasteiger partial charge in [-0.15, -0.1) is 0 Å². The third-order valence-corrected chi connectivity index (χ3v) is 4.12. The highest BCUT2D eigenvalue weighted by atomic mass is 16.6. The molecule has 1 fully saturated rings. The smallest absolute Gasteiger partial charge is 0.410 e. The summed E-state index contributed by atoms with van der Waals surface area (Å²) in [7, 11) is 0. The SMILES string of the molecule is C=C(C)C(C)(C)C(=O)NC1CCN(C(=O)OC(C)(C)C)CC1. The lowest BCUT2D eigenvalue weighted by atomic mass is 9.84. The van der Waals surface area contributed by atoms with Gasteiger partial charge >= 0.3 is 6.09 Å². The Morgan fingerprint density at radius 3 is 2.05 bits per heavy atom. The van der Waals surface area contributed by atoms with Crippen LogP contribution in [0.2, 0.25) is 0 Å². The number of hydrogen-bond acceptors (Lipinski definition) is 3. The summed E-state index contributed by atoms with van der Waals surface area (Å²) in [5.74, 6) is -0.00396. The van der Waals surface area contributed by atoms with Crippen molar-refractivity contribution in [2.24, 2.45) is 5.41 Å². The Morgan fingerprint density at radius 1 is 1.14 bits per heavy atom. The predicted octanol–water partition coefficient (Wildman–Crippen LogP) is 3.10. The van der Waals surface area contributed by atoms with E-state index < -0.39 is 11.0 Å². The average Bonchev–Trinajstić information content (AvgIpc) is 2.37. The van der Waals surface area contributed by atoms with E-state index in [1.807, 2.05) is 41.5 Å². The quantitative estimate of drug-likeness (QED) is 0.815. The first-order valence-electron chi connectivity index (χ1n) is 7.88. The zero-order valence-corrected chi connectivity index (χ0v) is 14.8. The van der Waals surface area contributed by atoms with Gasteiger partial charge in [0, 0.05) is 19.1 Å². The Bertz CT molecular complexity index is 441. The number of nitrogens with one attached hydrogen (secondary N) is 1. The molecule has 5 heteroatoms. The lowest BCUT2D eigenvalue weighted by Gasteiger charge is -2.35. The van der Waals surface area contributed by atoms with Gasteiger partial charge in [-0.05, 0) is 54.4 Å². The summed E-state index contributed by atoms with van der Waals surface area (Å²) in [6.07, 6.45) is 1.22. The maximum Gasteiger partial charge on any atom is 0.410 e. The fraction of sp³-hybridized carbons (Fsp3) is 0.765. The van der Waals surface area contributed by atoms with Crippen LogP contribution in [0, 0.1) is 5.41 Å². The number of likely N-dealkylation sites (tertiary alicyclic amines) is 1. The molecule has 0 atom stereocenters. The first-order chi connectivity index (χ1) is 9.93. The molecule has 22 heavy (non-hydrogen) atoms. The van der Waals surface area contributed by atoms with Crippen LogP contribution in [0.1, 0.15) is 54.4 Å². The molecule has 0 saturated carbocycles. The highest BCUT2D eigenvalue weighted by Crippen LogP contribution is 2.25. The Morgan fingerprint density at radius 2 is 1.64 bits per heavy atom. The zero-order chi connectivity index (χ0) is 17.1. The summed E-state index contributed by atoms with van der Waals surface area (Å²) in [5.41, 5.74) is -0.202. The van der Waals surface area contributed by atoms with E-state index in [2.05, 4.69) is 11.9 Å². The van der Waals surface area contributed by atoms with Crippen LogP contribution in [-0.2, 0) is 9.53 Å². The molecule has 0 radical (unpaired) electrons. The Kier molecular flexibility index (Phi) is 5.65. The minimum absolute atomic E-state index is 0.00396. The van der Waals surface area contributed by atoms with Crippen LogP contribution >= 0.6 is 0 Å². The standard InChI is InChI=1S/C17H30N2O3/c1-12(2)17(6,7)14(20)18-13-8-10-19(11-9-13)15(21)22-16(3,4)5/h13H,1,8-11H2,2-7H3,(H,18,20). The van der Waals surface area contributed by atoms with E-state index in [4.69, 9.17) is 4.74 Å². The number of ether oxygens (including phenoxy) is 1. The average molecular weight is 310 g/mol. The summed E-state index contributed by atoms with van der Waals surface area (Å²) in [6.45, 7) is 16.3. The van der Waals surface area contributed by atoms with E-state index in [0.717, 1.165) is 18.4 Å². The minimum atomic E-state index is -0.567. The van der Waals surface area contributed by atoms with Crippen molar-refractivity contribution < 1.29 is 14.3 Å². The van der Waals surface area contributed by atoms with Crippen LogP contribution in [0.5, 0.6) is 0 Å². The van der Waals surface area contributed by atoms with Crippen molar-refractivity contribution >= 4 is 12.0 Å². The van der Waals surface area contributed by atoms with Crippen LogP contribution in [0.3, 0.4) is 0 Å². The highest BCUT2D eigenvalue weighted by Gasteiger charge is 2.32. The zero-order valence-electron chi connectivity index (χ0n) is 14.8. The molecule has 0 aliphatic carbocycles.